The van der Waals surface area contributed by atoms with Crippen LogP contribution in [0.3, 0.4) is 0 Å². The molecule has 1 fully saturated rings. The van der Waals surface area contributed by atoms with Crippen LogP contribution in [0.2, 0.25) is 0 Å². The SMILES string of the molecule is CC(=O)c1ccc2c(c1)N(CC(=O)N1CCN(C/C=C/c3ccccc3)CC1)C(=O)CO2. The Kier molecular flexibility index (Phi) is 6.66. The second kappa shape index (κ2) is 9.78. The number of carbonyl (C=O) groups excluding carboxylic acids is 3. The van der Waals surface area contributed by atoms with E-state index in [0.717, 1.165) is 19.6 Å². The summed E-state index contributed by atoms with van der Waals surface area (Å²) < 4.78 is 5.47. The Morgan fingerprint density at radius 2 is 1.78 bits per heavy atom. The largest absolute Gasteiger partial charge is 0.482 e. The maximum atomic E-state index is 12.9. The monoisotopic (exact) mass is 433 g/mol. The van der Waals surface area contributed by atoms with Gasteiger partial charge < -0.3 is 9.64 Å². The molecule has 0 radical (unpaired) electrons. The maximum Gasteiger partial charge on any atom is 0.265 e. The number of carbonyl (C=O) groups is 3. The first-order chi connectivity index (χ1) is 15.5. The molecule has 2 aliphatic rings. The van der Waals surface area contributed by atoms with Crippen LogP contribution >= 0.6 is 0 Å². The lowest BCUT2D eigenvalue weighted by molar-refractivity contribution is -0.133. The van der Waals surface area contributed by atoms with Gasteiger partial charge in [0.05, 0.1) is 5.69 Å². The Balaban J connectivity index is 1.33. The van der Waals surface area contributed by atoms with Gasteiger partial charge in [-0.2, -0.15) is 0 Å². The van der Waals surface area contributed by atoms with Gasteiger partial charge in [-0.05, 0) is 30.7 Å². The van der Waals surface area contributed by atoms with E-state index in [4.69, 9.17) is 4.74 Å². The highest BCUT2D eigenvalue weighted by Crippen LogP contribution is 2.33. The molecule has 2 aromatic carbocycles. The van der Waals surface area contributed by atoms with Crippen LogP contribution in [0.5, 0.6) is 5.75 Å². The lowest BCUT2D eigenvalue weighted by Gasteiger charge is -2.36. The van der Waals surface area contributed by atoms with Crippen molar-refractivity contribution < 1.29 is 19.1 Å². The molecule has 166 valence electrons. The minimum atomic E-state index is -0.281. The van der Waals surface area contributed by atoms with E-state index in [2.05, 4.69) is 29.2 Å². The van der Waals surface area contributed by atoms with Crippen molar-refractivity contribution in [2.45, 2.75) is 6.92 Å². The fourth-order valence-corrected chi connectivity index (χ4v) is 3.91. The molecule has 0 aliphatic carbocycles. The number of hydrogen-bond acceptors (Lipinski definition) is 5. The summed E-state index contributed by atoms with van der Waals surface area (Å²) in [4.78, 5) is 42.7. The van der Waals surface area contributed by atoms with Crippen molar-refractivity contribution in [2.75, 3.05) is 50.8 Å². The van der Waals surface area contributed by atoms with Crippen molar-refractivity contribution in [3.63, 3.8) is 0 Å². The first kappa shape index (κ1) is 21.8. The molecule has 32 heavy (non-hydrogen) atoms. The average molecular weight is 434 g/mol. The van der Waals surface area contributed by atoms with Gasteiger partial charge in [-0.15, -0.1) is 0 Å². The number of nitrogens with zero attached hydrogens (tertiary/aromatic N) is 3. The molecule has 0 spiro atoms. The van der Waals surface area contributed by atoms with Crippen LogP contribution in [0.25, 0.3) is 6.08 Å². The van der Waals surface area contributed by atoms with Crippen molar-refractivity contribution in [1.29, 1.82) is 0 Å². The predicted molar refractivity (Wildman–Crippen MR) is 123 cm³/mol. The third kappa shape index (κ3) is 5.06. The Morgan fingerprint density at radius 3 is 2.50 bits per heavy atom. The summed E-state index contributed by atoms with van der Waals surface area (Å²) in [5.41, 5.74) is 2.13. The Labute approximate surface area is 187 Å². The van der Waals surface area contributed by atoms with E-state index >= 15 is 0 Å². The normalized spacial score (nSPS) is 16.7. The molecule has 4 rings (SSSR count). The van der Waals surface area contributed by atoms with Crippen LogP contribution < -0.4 is 9.64 Å². The molecule has 0 saturated carbocycles. The molecule has 0 atom stereocenters. The lowest BCUT2D eigenvalue weighted by atomic mass is 10.1. The predicted octanol–water partition coefficient (Wildman–Crippen LogP) is 2.47. The maximum absolute atomic E-state index is 12.9. The van der Waals surface area contributed by atoms with Gasteiger partial charge in [-0.3, -0.25) is 24.2 Å². The standard InChI is InChI=1S/C25H27N3O4/c1-19(29)21-9-10-23-22(16-21)28(25(31)18-32-23)17-24(30)27-14-12-26(13-15-27)11-5-8-20-6-3-2-4-7-20/h2-10,16H,11-15,17-18H2,1H3/b8-5+. The zero-order chi connectivity index (χ0) is 22.5. The number of benzene rings is 2. The quantitative estimate of drug-likeness (QED) is 0.655. The van der Waals surface area contributed by atoms with Gasteiger partial charge in [0.25, 0.3) is 5.91 Å². The minimum absolute atomic E-state index is 0.0511. The van der Waals surface area contributed by atoms with Crippen LogP contribution in [0.15, 0.2) is 54.6 Å². The molecule has 1 saturated heterocycles. The zero-order valence-electron chi connectivity index (χ0n) is 18.2. The summed E-state index contributed by atoms with van der Waals surface area (Å²) in [6.45, 7) is 4.96. The summed E-state index contributed by atoms with van der Waals surface area (Å²) >= 11 is 0. The average Bonchev–Trinajstić information content (AvgIpc) is 2.81. The number of Topliss-reactive ketones (excluding diaryl/α,β-unsaturated/α-hetero) is 1. The first-order valence-corrected chi connectivity index (χ1v) is 10.8. The molecule has 0 unspecified atom stereocenters. The number of fused-ring (bicyclic) bond motifs is 1. The summed E-state index contributed by atoms with van der Waals surface area (Å²) in [6.07, 6.45) is 4.25. The van der Waals surface area contributed by atoms with Crippen molar-refractivity contribution in [1.82, 2.24) is 9.80 Å². The van der Waals surface area contributed by atoms with Gasteiger partial charge in [0.2, 0.25) is 5.91 Å². The van der Waals surface area contributed by atoms with E-state index in [-0.39, 0.29) is 30.7 Å². The van der Waals surface area contributed by atoms with E-state index in [1.165, 1.54) is 17.4 Å². The topological polar surface area (TPSA) is 70.2 Å². The minimum Gasteiger partial charge on any atom is -0.482 e. The number of ether oxygens (including phenoxy) is 1. The van der Waals surface area contributed by atoms with Crippen LogP contribution in [-0.4, -0.2) is 73.3 Å². The molecule has 2 heterocycles. The second-order valence-corrected chi connectivity index (χ2v) is 8.00. The van der Waals surface area contributed by atoms with E-state index in [0.29, 0.717) is 30.1 Å². The smallest absolute Gasteiger partial charge is 0.265 e. The summed E-state index contributed by atoms with van der Waals surface area (Å²) in [5.74, 6) is 0.0297. The van der Waals surface area contributed by atoms with Gasteiger partial charge in [-0.1, -0.05) is 42.5 Å². The van der Waals surface area contributed by atoms with E-state index < -0.39 is 0 Å². The van der Waals surface area contributed by atoms with Gasteiger partial charge >= 0.3 is 0 Å². The fraction of sp³-hybridized carbons (Fsp3) is 0.320. The summed E-state index contributed by atoms with van der Waals surface area (Å²) in [5, 5.41) is 0. The van der Waals surface area contributed by atoms with Crippen molar-refractivity contribution in [2.24, 2.45) is 0 Å². The van der Waals surface area contributed by atoms with Crippen LogP contribution in [0.4, 0.5) is 5.69 Å². The van der Waals surface area contributed by atoms with Crippen molar-refractivity contribution in [3.05, 3.63) is 65.7 Å². The van der Waals surface area contributed by atoms with Gasteiger partial charge in [0.1, 0.15) is 12.3 Å². The van der Waals surface area contributed by atoms with Crippen LogP contribution in [-0.2, 0) is 9.59 Å². The Hall–Kier alpha value is -3.45. The number of anilines is 1. The highest BCUT2D eigenvalue weighted by Gasteiger charge is 2.30. The molecule has 7 heteroatoms. The molecule has 7 nitrogen and oxygen atoms in total. The van der Waals surface area contributed by atoms with Crippen LogP contribution in [0, 0.1) is 0 Å². The molecule has 2 aromatic rings. The Bertz CT molecular complexity index is 1030. The van der Waals surface area contributed by atoms with Crippen molar-refractivity contribution >= 4 is 29.4 Å². The number of amides is 2. The molecular formula is C25H27N3O4. The molecule has 0 N–H and O–H groups in total. The van der Waals surface area contributed by atoms with Crippen molar-refractivity contribution in [3.8, 4) is 5.75 Å². The summed E-state index contributed by atoms with van der Waals surface area (Å²) in [7, 11) is 0. The molecule has 2 aliphatic heterocycles. The zero-order valence-corrected chi connectivity index (χ0v) is 18.2. The first-order valence-electron chi connectivity index (χ1n) is 10.8. The lowest BCUT2D eigenvalue weighted by Crippen LogP contribution is -2.52. The van der Waals surface area contributed by atoms with Gasteiger partial charge in [0, 0.05) is 38.3 Å². The highest BCUT2D eigenvalue weighted by atomic mass is 16.5. The summed E-state index contributed by atoms with van der Waals surface area (Å²) in [6, 6.07) is 15.1. The number of piperazine rings is 1. The van der Waals surface area contributed by atoms with E-state index in [1.54, 1.807) is 23.1 Å². The highest BCUT2D eigenvalue weighted by molar-refractivity contribution is 6.04. The molecule has 0 aromatic heterocycles. The van der Waals surface area contributed by atoms with E-state index in [1.807, 2.05) is 18.2 Å². The van der Waals surface area contributed by atoms with Gasteiger partial charge in [-0.25, -0.2) is 0 Å². The van der Waals surface area contributed by atoms with Crippen LogP contribution in [0.1, 0.15) is 22.8 Å². The number of ketones is 1. The molecule has 0 bridgehead atoms. The number of rotatable bonds is 6. The Morgan fingerprint density at radius 1 is 1.03 bits per heavy atom. The third-order valence-corrected chi connectivity index (χ3v) is 5.80. The molecular weight excluding hydrogens is 406 g/mol. The fourth-order valence-electron chi connectivity index (χ4n) is 3.91. The number of hydrogen-bond donors (Lipinski definition) is 0. The molecule has 2 amide bonds. The second-order valence-electron chi connectivity index (χ2n) is 8.00. The van der Waals surface area contributed by atoms with E-state index in [9.17, 15) is 14.4 Å². The third-order valence-electron chi connectivity index (χ3n) is 5.80. The van der Waals surface area contributed by atoms with Gasteiger partial charge in [0.15, 0.2) is 12.4 Å².